The lowest BCUT2D eigenvalue weighted by Gasteiger charge is -2.10. The van der Waals surface area contributed by atoms with Gasteiger partial charge >= 0.3 is 0 Å². The fraction of sp³-hybridized carbons (Fsp3) is 0.231. The first kappa shape index (κ1) is 12.0. The SMILES string of the molecule is CCn1cccc1CNc1ccc(Cl)cc1F. The van der Waals surface area contributed by atoms with Crippen molar-refractivity contribution >= 4 is 17.3 Å². The van der Waals surface area contributed by atoms with Gasteiger partial charge in [0.15, 0.2) is 0 Å². The zero-order valence-electron chi connectivity index (χ0n) is 9.58. The number of aromatic nitrogens is 1. The monoisotopic (exact) mass is 252 g/mol. The van der Waals surface area contributed by atoms with Crippen LogP contribution in [0.4, 0.5) is 10.1 Å². The Morgan fingerprint density at radius 1 is 1.35 bits per heavy atom. The van der Waals surface area contributed by atoms with Crippen molar-refractivity contribution in [3.8, 4) is 0 Å². The van der Waals surface area contributed by atoms with E-state index < -0.39 is 0 Å². The van der Waals surface area contributed by atoms with E-state index in [2.05, 4.69) is 16.8 Å². The first-order valence-corrected chi connectivity index (χ1v) is 5.91. The number of hydrogen-bond acceptors (Lipinski definition) is 1. The van der Waals surface area contributed by atoms with Gasteiger partial charge in [0.2, 0.25) is 0 Å². The van der Waals surface area contributed by atoms with Gasteiger partial charge in [-0.25, -0.2) is 4.39 Å². The maximum absolute atomic E-state index is 13.5. The van der Waals surface area contributed by atoms with Crippen LogP contribution in [0.3, 0.4) is 0 Å². The van der Waals surface area contributed by atoms with Gasteiger partial charge in [-0.1, -0.05) is 11.6 Å². The van der Waals surface area contributed by atoms with Gasteiger partial charge in [-0.05, 0) is 37.3 Å². The van der Waals surface area contributed by atoms with Crippen molar-refractivity contribution in [2.45, 2.75) is 20.0 Å². The van der Waals surface area contributed by atoms with Crippen LogP contribution >= 0.6 is 11.6 Å². The number of benzene rings is 1. The van der Waals surface area contributed by atoms with E-state index in [0.717, 1.165) is 12.2 Å². The van der Waals surface area contributed by atoms with Gasteiger partial charge in [-0.2, -0.15) is 0 Å². The molecule has 0 aliphatic rings. The number of hydrogen-bond donors (Lipinski definition) is 1. The zero-order chi connectivity index (χ0) is 12.3. The molecule has 90 valence electrons. The van der Waals surface area contributed by atoms with Crippen molar-refractivity contribution in [3.63, 3.8) is 0 Å². The van der Waals surface area contributed by atoms with Crippen LogP contribution in [0.2, 0.25) is 5.02 Å². The molecule has 0 saturated heterocycles. The smallest absolute Gasteiger partial charge is 0.147 e. The molecule has 0 atom stereocenters. The number of nitrogens with zero attached hydrogens (tertiary/aromatic N) is 1. The van der Waals surface area contributed by atoms with E-state index in [4.69, 9.17) is 11.6 Å². The van der Waals surface area contributed by atoms with Crippen molar-refractivity contribution in [2.24, 2.45) is 0 Å². The molecule has 0 saturated carbocycles. The molecule has 0 spiro atoms. The molecule has 0 fully saturated rings. The van der Waals surface area contributed by atoms with Gasteiger partial charge < -0.3 is 9.88 Å². The number of anilines is 1. The number of aryl methyl sites for hydroxylation is 1. The van der Waals surface area contributed by atoms with Gasteiger partial charge in [0, 0.05) is 23.5 Å². The van der Waals surface area contributed by atoms with Crippen molar-refractivity contribution in [1.29, 1.82) is 0 Å². The van der Waals surface area contributed by atoms with Crippen LogP contribution in [-0.4, -0.2) is 4.57 Å². The predicted molar refractivity (Wildman–Crippen MR) is 68.8 cm³/mol. The van der Waals surface area contributed by atoms with Crippen LogP contribution in [0.1, 0.15) is 12.6 Å². The summed E-state index contributed by atoms with van der Waals surface area (Å²) in [6.45, 7) is 3.58. The summed E-state index contributed by atoms with van der Waals surface area (Å²) in [6, 6.07) is 8.63. The van der Waals surface area contributed by atoms with Crippen molar-refractivity contribution in [2.75, 3.05) is 5.32 Å². The highest BCUT2D eigenvalue weighted by Gasteiger charge is 2.04. The molecule has 0 unspecified atom stereocenters. The minimum absolute atomic E-state index is 0.327. The fourth-order valence-electron chi connectivity index (χ4n) is 1.74. The van der Waals surface area contributed by atoms with E-state index in [1.165, 1.54) is 6.07 Å². The molecule has 0 radical (unpaired) electrons. The van der Waals surface area contributed by atoms with E-state index in [9.17, 15) is 4.39 Å². The average molecular weight is 253 g/mol. The summed E-state index contributed by atoms with van der Waals surface area (Å²) >= 11 is 5.69. The van der Waals surface area contributed by atoms with Gasteiger partial charge in [0.1, 0.15) is 5.82 Å². The molecule has 2 aromatic rings. The van der Waals surface area contributed by atoms with Gasteiger partial charge in [-0.15, -0.1) is 0 Å². The molecule has 0 amide bonds. The molecular formula is C13H14ClFN2. The Morgan fingerprint density at radius 3 is 2.88 bits per heavy atom. The number of halogens is 2. The zero-order valence-corrected chi connectivity index (χ0v) is 10.3. The number of rotatable bonds is 4. The van der Waals surface area contributed by atoms with Crippen LogP contribution in [0.15, 0.2) is 36.5 Å². The highest BCUT2D eigenvalue weighted by Crippen LogP contribution is 2.19. The van der Waals surface area contributed by atoms with Crippen molar-refractivity contribution < 1.29 is 4.39 Å². The lowest BCUT2D eigenvalue weighted by atomic mass is 10.3. The maximum atomic E-state index is 13.5. The van der Waals surface area contributed by atoms with E-state index >= 15 is 0 Å². The van der Waals surface area contributed by atoms with E-state index in [-0.39, 0.29) is 5.82 Å². The Balaban J connectivity index is 2.07. The predicted octanol–water partition coefficient (Wildman–Crippen LogP) is 3.91. The molecule has 0 aliphatic carbocycles. The molecule has 0 bridgehead atoms. The molecule has 2 rings (SSSR count). The van der Waals surface area contributed by atoms with Crippen LogP contribution in [0, 0.1) is 5.82 Å². The highest BCUT2D eigenvalue weighted by molar-refractivity contribution is 6.30. The summed E-state index contributed by atoms with van der Waals surface area (Å²) in [5.74, 6) is -0.327. The summed E-state index contributed by atoms with van der Waals surface area (Å²) in [4.78, 5) is 0. The molecule has 2 nitrogen and oxygen atoms in total. The summed E-state index contributed by atoms with van der Waals surface area (Å²) in [5, 5.41) is 3.47. The standard InChI is InChI=1S/C13H14ClFN2/c1-2-17-7-3-4-11(17)9-16-13-6-5-10(14)8-12(13)15/h3-8,16H,2,9H2,1H3. The lowest BCUT2D eigenvalue weighted by molar-refractivity contribution is 0.629. The minimum Gasteiger partial charge on any atom is -0.377 e. The molecule has 1 aromatic carbocycles. The van der Waals surface area contributed by atoms with Crippen LogP contribution in [0.5, 0.6) is 0 Å². The molecule has 17 heavy (non-hydrogen) atoms. The third-order valence-corrected chi connectivity index (χ3v) is 2.89. The summed E-state index contributed by atoms with van der Waals surface area (Å²) in [6.07, 6.45) is 2.01. The van der Waals surface area contributed by atoms with Crippen LogP contribution < -0.4 is 5.32 Å². The summed E-state index contributed by atoms with van der Waals surface area (Å²) < 4.78 is 15.6. The topological polar surface area (TPSA) is 17.0 Å². The Labute approximate surface area is 105 Å². The Kier molecular flexibility index (Phi) is 3.69. The van der Waals surface area contributed by atoms with Crippen LogP contribution in [-0.2, 0) is 13.1 Å². The molecule has 1 heterocycles. The van der Waals surface area contributed by atoms with E-state index in [1.807, 2.05) is 18.3 Å². The Morgan fingerprint density at radius 2 is 2.18 bits per heavy atom. The van der Waals surface area contributed by atoms with Crippen molar-refractivity contribution in [3.05, 3.63) is 53.1 Å². The molecule has 1 aromatic heterocycles. The third-order valence-electron chi connectivity index (χ3n) is 2.66. The van der Waals surface area contributed by atoms with Crippen LogP contribution in [0.25, 0.3) is 0 Å². The average Bonchev–Trinajstić information content (AvgIpc) is 2.75. The third kappa shape index (κ3) is 2.80. The van der Waals surface area contributed by atoms with E-state index in [0.29, 0.717) is 17.3 Å². The molecule has 4 heteroatoms. The second-order valence-electron chi connectivity index (χ2n) is 3.76. The Bertz CT molecular complexity index is 508. The number of nitrogens with one attached hydrogen (secondary N) is 1. The first-order valence-electron chi connectivity index (χ1n) is 5.53. The second-order valence-corrected chi connectivity index (χ2v) is 4.20. The minimum atomic E-state index is -0.327. The fourth-order valence-corrected chi connectivity index (χ4v) is 1.90. The van der Waals surface area contributed by atoms with Gasteiger partial charge in [-0.3, -0.25) is 0 Å². The first-order chi connectivity index (χ1) is 8.20. The van der Waals surface area contributed by atoms with Crippen molar-refractivity contribution in [1.82, 2.24) is 4.57 Å². The normalized spacial score (nSPS) is 10.5. The highest BCUT2D eigenvalue weighted by atomic mass is 35.5. The van der Waals surface area contributed by atoms with E-state index in [1.54, 1.807) is 12.1 Å². The van der Waals surface area contributed by atoms with Gasteiger partial charge in [0.25, 0.3) is 0 Å². The quantitative estimate of drug-likeness (QED) is 0.873. The largest absolute Gasteiger partial charge is 0.377 e. The van der Waals surface area contributed by atoms with Gasteiger partial charge in [0.05, 0.1) is 12.2 Å². The summed E-state index contributed by atoms with van der Waals surface area (Å²) in [5.41, 5.74) is 1.60. The molecular weight excluding hydrogens is 239 g/mol. The summed E-state index contributed by atoms with van der Waals surface area (Å²) in [7, 11) is 0. The maximum Gasteiger partial charge on any atom is 0.147 e. The Hall–Kier alpha value is -1.48. The lowest BCUT2D eigenvalue weighted by Crippen LogP contribution is -2.06. The second kappa shape index (κ2) is 5.23. The molecule has 0 aliphatic heterocycles. The molecule has 1 N–H and O–H groups in total.